The topological polar surface area (TPSA) is 59.0 Å². The lowest BCUT2D eigenvalue weighted by Crippen LogP contribution is -2.10. The average Bonchev–Trinajstić information content (AvgIpc) is 2.54. The van der Waals surface area contributed by atoms with Gasteiger partial charge in [0.25, 0.3) is 0 Å². The fourth-order valence-electron chi connectivity index (χ4n) is 2.34. The molecule has 0 heterocycles. The summed E-state index contributed by atoms with van der Waals surface area (Å²) in [6.07, 6.45) is 1.73. The molecule has 0 saturated heterocycles. The molecule has 2 aromatic carbocycles. The molecule has 4 heteroatoms. The Hall–Kier alpha value is -2.64. The van der Waals surface area contributed by atoms with Crippen molar-refractivity contribution in [2.45, 2.75) is 27.4 Å². The molecule has 24 heavy (non-hydrogen) atoms. The summed E-state index contributed by atoms with van der Waals surface area (Å²) in [5.41, 5.74) is 11.3. The van der Waals surface area contributed by atoms with Gasteiger partial charge in [-0.1, -0.05) is 36.0 Å². The number of ether oxygens (including phenoxy) is 1. The molecule has 2 N–H and O–H groups in total. The largest absolute Gasteiger partial charge is 0.489 e. The lowest BCUT2D eigenvalue weighted by molar-refractivity contribution is 0.305. The molecule has 0 bridgehead atoms. The molecular weight excluding hydrogens is 316 g/mol. The molecule has 0 saturated carbocycles. The van der Waals surface area contributed by atoms with Gasteiger partial charge in [0.1, 0.15) is 23.4 Å². The van der Waals surface area contributed by atoms with Gasteiger partial charge >= 0.3 is 0 Å². The predicted molar refractivity (Wildman–Crippen MR) is 102 cm³/mol. The Morgan fingerprint density at radius 2 is 1.83 bits per heavy atom. The smallest absolute Gasteiger partial charge is 0.119 e. The second-order valence-electron chi connectivity index (χ2n) is 5.77. The number of benzene rings is 2. The lowest BCUT2D eigenvalue weighted by Gasteiger charge is -2.12. The Bertz CT molecular complexity index is 830. The van der Waals surface area contributed by atoms with Gasteiger partial charge in [-0.05, 0) is 67.3 Å². The van der Waals surface area contributed by atoms with Gasteiger partial charge in [-0.15, -0.1) is 0 Å². The molecule has 2 aromatic rings. The molecule has 0 spiro atoms. The maximum atomic E-state index is 9.14. The molecule has 0 aliphatic rings. The first-order chi connectivity index (χ1) is 11.4. The van der Waals surface area contributed by atoms with Crippen molar-refractivity contribution in [3.05, 3.63) is 69.8 Å². The summed E-state index contributed by atoms with van der Waals surface area (Å²) in [6.45, 7) is 6.55. The SMILES string of the molecule is Cc1ccc(OCc2cc(/C=C(/C#N)C(N)=S)c(C)cc2C)cc1. The summed E-state index contributed by atoms with van der Waals surface area (Å²) in [4.78, 5) is 0.106. The van der Waals surface area contributed by atoms with Crippen LogP contribution in [0.15, 0.2) is 42.0 Å². The number of aryl methyl sites for hydroxylation is 3. The summed E-state index contributed by atoms with van der Waals surface area (Å²) in [6, 6.07) is 14.1. The molecular formula is C20H20N2OS. The third-order valence-corrected chi connectivity index (χ3v) is 4.05. The molecule has 3 nitrogen and oxygen atoms in total. The van der Waals surface area contributed by atoms with Crippen LogP contribution < -0.4 is 10.5 Å². The van der Waals surface area contributed by atoms with E-state index in [1.165, 1.54) is 5.56 Å². The van der Waals surface area contributed by atoms with Gasteiger partial charge in [-0.25, -0.2) is 0 Å². The van der Waals surface area contributed by atoms with Crippen LogP contribution in [-0.2, 0) is 6.61 Å². The zero-order valence-electron chi connectivity index (χ0n) is 14.1. The van der Waals surface area contributed by atoms with Crippen LogP contribution in [0.1, 0.15) is 27.8 Å². The van der Waals surface area contributed by atoms with Crippen molar-refractivity contribution >= 4 is 23.3 Å². The summed E-state index contributed by atoms with van der Waals surface area (Å²) < 4.78 is 5.87. The Balaban J connectivity index is 2.27. The number of hydrogen-bond acceptors (Lipinski definition) is 3. The Morgan fingerprint density at radius 3 is 2.42 bits per heavy atom. The van der Waals surface area contributed by atoms with Gasteiger partial charge < -0.3 is 10.5 Å². The van der Waals surface area contributed by atoms with E-state index < -0.39 is 0 Å². The van der Waals surface area contributed by atoms with Crippen LogP contribution in [0.2, 0.25) is 0 Å². The molecule has 0 atom stereocenters. The number of nitriles is 1. The van der Waals surface area contributed by atoms with E-state index in [2.05, 4.69) is 6.07 Å². The first-order valence-corrected chi connectivity index (χ1v) is 8.02. The Morgan fingerprint density at radius 1 is 1.17 bits per heavy atom. The summed E-state index contributed by atoms with van der Waals surface area (Å²) in [5.74, 6) is 0.832. The standard InChI is InChI=1S/C20H20N2OS/c1-13-4-6-19(7-5-13)23-12-18-10-16(14(2)8-15(18)3)9-17(11-21)20(22)24/h4-10H,12H2,1-3H3,(H2,22,24)/b17-9-. The minimum absolute atomic E-state index is 0.106. The second kappa shape index (κ2) is 7.76. The third kappa shape index (κ3) is 4.43. The van der Waals surface area contributed by atoms with E-state index in [9.17, 15) is 0 Å². The predicted octanol–water partition coefficient (Wildman–Crippen LogP) is 4.38. The molecule has 122 valence electrons. The van der Waals surface area contributed by atoms with Crippen LogP contribution in [0.25, 0.3) is 6.08 Å². The molecule has 0 aromatic heterocycles. The number of rotatable bonds is 5. The van der Waals surface area contributed by atoms with Crippen LogP contribution in [0.4, 0.5) is 0 Å². The van der Waals surface area contributed by atoms with Gasteiger partial charge in [-0.3, -0.25) is 0 Å². The highest BCUT2D eigenvalue weighted by Crippen LogP contribution is 2.21. The molecule has 2 rings (SSSR count). The molecule has 0 unspecified atom stereocenters. The van der Waals surface area contributed by atoms with E-state index >= 15 is 0 Å². The van der Waals surface area contributed by atoms with E-state index in [1.54, 1.807) is 6.08 Å². The Kier molecular flexibility index (Phi) is 5.73. The second-order valence-corrected chi connectivity index (χ2v) is 6.21. The van der Waals surface area contributed by atoms with Crippen molar-refractivity contribution in [1.82, 2.24) is 0 Å². The quantitative estimate of drug-likeness (QED) is 0.500. The van der Waals surface area contributed by atoms with Crippen molar-refractivity contribution in [2.24, 2.45) is 5.73 Å². The van der Waals surface area contributed by atoms with Gasteiger partial charge in [-0.2, -0.15) is 5.26 Å². The van der Waals surface area contributed by atoms with E-state index in [-0.39, 0.29) is 4.99 Å². The number of thiocarbonyl (C=S) groups is 1. The van der Waals surface area contributed by atoms with Crippen molar-refractivity contribution in [1.29, 1.82) is 5.26 Å². The van der Waals surface area contributed by atoms with Crippen LogP contribution in [0.5, 0.6) is 5.75 Å². The number of nitrogens with two attached hydrogens (primary N) is 1. The van der Waals surface area contributed by atoms with Crippen LogP contribution >= 0.6 is 12.2 Å². The fourth-order valence-corrected chi connectivity index (χ4v) is 2.44. The minimum Gasteiger partial charge on any atom is -0.489 e. The van der Waals surface area contributed by atoms with Crippen LogP contribution in [0.3, 0.4) is 0 Å². The minimum atomic E-state index is 0.106. The Labute approximate surface area is 148 Å². The molecule has 0 radical (unpaired) electrons. The lowest BCUT2D eigenvalue weighted by atomic mass is 9.98. The zero-order valence-corrected chi connectivity index (χ0v) is 14.9. The van der Waals surface area contributed by atoms with Crippen molar-refractivity contribution in [2.75, 3.05) is 0 Å². The van der Waals surface area contributed by atoms with E-state index in [0.29, 0.717) is 12.2 Å². The van der Waals surface area contributed by atoms with Gasteiger partial charge in [0, 0.05) is 0 Å². The molecule has 0 aliphatic heterocycles. The monoisotopic (exact) mass is 336 g/mol. The highest BCUT2D eigenvalue weighted by atomic mass is 32.1. The maximum absolute atomic E-state index is 9.14. The van der Waals surface area contributed by atoms with Crippen LogP contribution in [0, 0.1) is 32.1 Å². The average molecular weight is 336 g/mol. The first kappa shape index (κ1) is 17.7. The van der Waals surface area contributed by atoms with Crippen molar-refractivity contribution in [3.8, 4) is 11.8 Å². The van der Waals surface area contributed by atoms with E-state index in [0.717, 1.165) is 28.0 Å². The van der Waals surface area contributed by atoms with Crippen LogP contribution in [-0.4, -0.2) is 4.99 Å². The van der Waals surface area contributed by atoms with Gasteiger partial charge in [0.05, 0.1) is 5.57 Å². The molecule has 0 fully saturated rings. The van der Waals surface area contributed by atoms with E-state index in [1.807, 2.05) is 57.2 Å². The van der Waals surface area contributed by atoms with Crippen molar-refractivity contribution < 1.29 is 4.74 Å². The fraction of sp³-hybridized carbons (Fsp3) is 0.200. The molecule has 0 aliphatic carbocycles. The van der Waals surface area contributed by atoms with Gasteiger partial charge in [0.15, 0.2) is 0 Å². The van der Waals surface area contributed by atoms with Gasteiger partial charge in [0.2, 0.25) is 0 Å². The summed E-state index contributed by atoms with van der Waals surface area (Å²) in [7, 11) is 0. The first-order valence-electron chi connectivity index (χ1n) is 7.62. The van der Waals surface area contributed by atoms with Crippen molar-refractivity contribution in [3.63, 3.8) is 0 Å². The normalized spacial score (nSPS) is 11.0. The summed E-state index contributed by atoms with van der Waals surface area (Å²) >= 11 is 4.91. The maximum Gasteiger partial charge on any atom is 0.119 e. The summed E-state index contributed by atoms with van der Waals surface area (Å²) in [5, 5.41) is 9.14. The number of nitrogens with zero attached hydrogens (tertiary/aromatic N) is 1. The highest BCUT2D eigenvalue weighted by Gasteiger charge is 2.07. The number of hydrogen-bond donors (Lipinski definition) is 1. The van der Waals surface area contributed by atoms with E-state index in [4.69, 9.17) is 28.0 Å². The zero-order chi connectivity index (χ0) is 17.7. The third-order valence-electron chi connectivity index (χ3n) is 3.83. The highest BCUT2D eigenvalue weighted by molar-refractivity contribution is 7.80. The molecule has 0 amide bonds.